The molecule has 1 fully saturated rings. The predicted molar refractivity (Wildman–Crippen MR) is 108 cm³/mol. The highest BCUT2D eigenvalue weighted by atomic mass is 16.1. The van der Waals surface area contributed by atoms with E-state index in [0.717, 1.165) is 55.2 Å². The zero-order chi connectivity index (χ0) is 18.9. The van der Waals surface area contributed by atoms with Gasteiger partial charge in [-0.05, 0) is 36.4 Å². The number of carbonyl (C=O) groups excluding carboxylic acids is 1. The van der Waals surface area contributed by atoms with Gasteiger partial charge in [-0.1, -0.05) is 0 Å². The van der Waals surface area contributed by atoms with E-state index in [1.807, 2.05) is 12.1 Å². The number of hydrogen-bond acceptors (Lipinski definition) is 5. The summed E-state index contributed by atoms with van der Waals surface area (Å²) in [5.41, 5.74) is 5.53. The Labute approximate surface area is 163 Å². The van der Waals surface area contributed by atoms with E-state index in [0.29, 0.717) is 17.9 Å². The Hall–Kier alpha value is -3.19. The second kappa shape index (κ2) is 7.09. The van der Waals surface area contributed by atoms with E-state index in [9.17, 15) is 4.79 Å². The zero-order valence-corrected chi connectivity index (χ0v) is 15.5. The fourth-order valence-electron chi connectivity index (χ4n) is 3.82. The van der Waals surface area contributed by atoms with Crippen LogP contribution in [0.15, 0.2) is 42.6 Å². The summed E-state index contributed by atoms with van der Waals surface area (Å²) < 4.78 is 0. The Balaban J connectivity index is 1.42. The Kier molecular flexibility index (Phi) is 4.29. The number of nitrogens with zero attached hydrogens (tertiary/aromatic N) is 3. The van der Waals surface area contributed by atoms with Crippen molar-refractivity contribution >= 4 is 11.6 Å². The lowest BCUT2D eigenvalue weighted by atomic mass is 10.1. The van der Waals surface area contributed by atoms with Gasteiger partial charge in [-0.2, -0.15) is 0 Å². The molecule has 0 saturated carbocycles. The summed E-state index contributed by atoms with van der Waals surface area (Å²) in [6.07, 6.45) is 2.58. The molecule has 5 rings (SSSR count). The smallest absolute Gasteiger partial charge is 0.253 e. The van der Waals surface area contributed by atoms with Gasteiger partial charge in [-0.3, -0.25) is 4.79 Å². The number of H-pyrrole nitrogens is 1. The minimum Gasteiger partial charge on any atom is -0.369 e. The first-order chi connectivity index (χ1) is 13.8. The van der Waals surface area contributed by atoms with Crippen molar-refractivity contribution in [1.29, 1.82) is 0 Å². The molecule has 0 atom stereocenters. The van der Waals surface area contributed by atoms with Gasteiger partial charge in [0.15, 0.2) is 5.82 Å². The first-order valence-corrected chi connectivity index (χ1v) is 9.67. The third kappa shape index (κ3) is 3.14. The quantitative estimate of drug-likeness (QED) is 0.651. The minimum absolute atomic E-state index is 0.0264. The summed E-state index contributed by atoms with van der Waals surface area (Å²) in [6.45, 7) is 4.75. The molecule has 1 aromatic carbocycles. The molecule has 7 heteroatoms. The zero-order valence-electron chi connectivity index (χ0n) is 15.5. The van der Waals surface area contributed by atoms with Crippen LogP contribution in [0.25, 0.3) is 22.8 Å². The highest BCUT2D eigenvalue weighted by molar-refractivity contribution is 5.97. The molecule has 4 heterocycles. The lowest BCUT2D eigenvalue weighted by Crippen LogP contribution is -2.43. The van der Waals surface area contributed by atoms with Gasteiger partial charge >= 0.3 is 0 Å². The molecule has 3 aromatic rings. The van der Waals surface area contributed by atoms with Gasteiger partial charge in [-0.25, -0.2) is 9.97 Å². The Morgan fingerprint density at radius 1 is 1.00 bits per heavy atom. The molecule has 28 heavy (non-hydrogen) atoms. The highest BCUT2D eigenvalue weighted by Gasteiger charge is 2.20. The van der Waals surface area contributed by atoms with Crippen LogP contribution in [0.1, 0.15) is 16.1 Å². The van der Waals surface area contributed by atoms with E-state index in [4.69, 9.17) is 4.98 Å². The molecule has 142 valence electrons. The van der Waals surface area contributed by atoms with Crippen molar-refractivity contribution in [3.8, 4) is 22.8 Å². The van der Waals surface area contributed by atoms with Crippen LogP contribution < -0.4 is 15.5 Å². The monoisotopic (exact) mass is 374 g/mol. The lowest BCUT2D eigenvalue weighted by molar-refractivity contribution is 0.0946. The van der Waals surface area contributed by atoms with Crippen LogP contribution in [0.3, 0.4) is 0 Å². The molecule has 2 aliphatic heterocycles. The standard InChI is InChI=1S/C21H22N6O/c28-21-16-13-19(25-17(16)5-8-24-21)18-6-7-23-20(26-18)14-1-3-15(4-2-14)27-11-9-22-10-12-27/h1-4,6-7,13,22,25H,5,8-12H2,(H,24,28). The Morgan fingerprint density at radius 2 is 1.82 bits per heavy atom. The van der Waals surface area contributed by atoms with Gasteiger partial charge in [0, 0.05) is 62.3 Å². The largest absolute Gasteiger partial charge is 0.369 e. The summed E-state index contributed by atoms with van der Waals surface area (Å²) >= 11 is 0. The minimum atomic E-state index is -0.0264. The topological polar surface area (TPSA) is 85.9 Å². The number of fused-ring (bicyclic) bond motifs is 1. The SMILES string of the molecule is O=C1NCCc2[nH]c(-c3ccnc(-c4ccc(N5CCNCC5)cc4)n3)cc21. The van der Waals surface area contributed by atoms with Crippen molar-refractivity contribution in [3.63, 3.8) is 0 Å². The third-order valence-corrected chi connectivity index (χ3v) is 5.34. The van der Waals surface area contributed by atoms with Crippen LogP contribution in [0.4, 0.5) is 5.69 Å². The molecule has 7 nitrogen and oxygen atoms in total. The first kappa shape index (κ1) is 16.9. The molecule has 3 N–H and O–H groups in total. The van der Waals surface area contributed by atoms with E-state index in [-0.39, 0.29) is 5.91 Å². The molecule has 0 radical (unpaired) electrons. The lowest BCUT2D eigenvalue weighted by Gasteiger charge is -2.29. The summed E-state index contributed by atoms with van der Waals surface area (Å²) in [5.74, 6) is 0.655. The molecule has 2 aromatic heterocycles. The maximum absolute atomic E-state index is 12.0. The summed E-state index contributed by atoms with van der Waals surface area (Å²) in [7, 11) is 0. The molecular formula is C21H22N6O. The van der Waals surface area contributed by atoms with Gasteiger partial charge in [0.25, 0.3) is 5.91 Å². The number of amides is 1. The number of aromatic amines is 1. The number of benzene rings is 1. The van der Waals surface area contributed by atoms with Crippen molar-refractivity contribution in [3.05, 3.63) is 53.9 Å². The number of aromatic nitrogens is 3. The van der Waals surface area contributed by atoms with Crippen LogP contribution >= 0.6 is 0 Å². The summed E-state index contributed by atoms with van der Waals surface area (Å²) in [4.78, 5) is 26.9. The average molecular weight is 374 g/mol. The molecular weight excluding hydrogens is 352 g/mol. The van der Waals surface area contributed by atoms with Gasteiger partial charge in [-0.15, -0.1) is 0 Å². The van der Waals surface area contributed by atoms with Gasteiger partial charge in [0.2, 0.25) is 0 Å². The fraction of sp³-hybridized carbons (Fsp3) is 0.286. The number of anilines is 1. The predicted octanol–water partition coefficient (Wildman–Crippen LogP) is 1.83. The van der Waals surface area contributed by atoms with Gasteiger partial charge < -0.3 is 20.5 Å². The number of nitrogens with one attached hydrogen (secondary N) is 3. The number of rotatable bonds is 3. The van der Waals surface area contributed by atoms with Crippen molar-refractivity contribution in [2.45, 2.75) is 6.42 Å². The molecule has 0 bridgehead atoms. The molecule has 0 aliphatic carbocycles. The second-order valence-corrected chi connectivity index (χ2v) is 7.13. The second-order valence-electron chi connectivity index (χ2n) is 7.13. The third-order valence-electron chi connectivity index (χ3n) is 5.34. The van der Waals surface area contributed by atoms with Crippen molar-refractivity contribution < 1.29 is 4.79 Å². The van der Waals surface area contributed by atoms with Gasteiger partial charge in [0.05, 0.1) is 17.0 Å². The first-order valence-electron chi connectivity index (χ1n) is 9.67. The van der Waals surface area contributed by atoms with E-state index in [2.05, 4.69) is 49.8 Å². The van der Waals surface area contributed by atoms with Crippen molar-refractivity contribution in [2.75, 3.05) is 37.6 Å². The Bertz CT molecular complexity index is 1000. The summed E-state index contributed by atoms with van der Waals surface area (Å²) in [5, 5.41) is 6.25. The summed E-state index contributed by atoms with van der Waals surface area (Å²) in [6, 6.07) is 12.2. The highest BCUT2D eigenvalue weighted by Crippen LogP contribution is 2.25. The van der Waals surface area contributed by atoms with Crippen LogP contribution in [0.5, 0.6) is 0 Å². The Morgan fingerprint density at radius 3 is 2.61 bits per heavy atom. The average Bonchev–Trinajstić information content (AvgIpc) is 3.21. The maximum Gasteiger partial charge on any atom is 0.253 e. The number of piperazine rings is 1. The van der Waals surface area contributed by atoms with Crippen LogP contribution in [-0.2, 0) is 6.42 Å². The van der Waals surface area contributed by atoms with Gasteiger partial charge in [0.1, 0.15) is 0 Å². The maximum atomic E-state index is 12.0. The van der Waals surface area contributed by atoms with E-state index >= 15 is 0 Å². The van der Waals surface area contributed by atoms with E-state index in [1.54, 1.807) is 6.20 Å². The van der Waals surface area contributed by atoms with E-state index < -0.39 is 0 Å². The fourth-order valence-corrected chi connectivity index (χ4v) is 3.82. The molecule has 0 spiro atoms. The number of carbonyl (C=O) groups is 1. The molecule has 0 unspecified atom stereocenters. The number of hydrogen-bond donors (Lipinski definition) is 3. The molecule has 1 saturated heterocycles. The van der Waals surface area contributed by atoms with E-state index in [1.165, 1.54) is 5.69 Å². The molecule has 1 amide bonds. The van der Waals surface area contributed by atoms with Crippen LogP contribution in [-0.4, -0.2) is 53.6 Å². The van der Waals surface area contributed by atoms with Crippen molar-refractivity contribution in [2.24, 2.45) is 0 Å². The molecule has 2 aliphatic rings. The normalized spacial score (nSPS) is 16.6. The van der Waals surface area contributed by atoms with Crippen LogP contribution in [0, 0.1) is 0 Å². The van der Waals surface area contributed by atoms with Crippen LogP contribution in [0.2, 0.25) is 0 Å². The van der Waals surface area contributed by atoms with Crippen molar-refractivity contribution in [1.82, 2.24) is 25.6 Å².